The first-order valence-electron chi connectivity index (χ1n) is 5.43. The highest BCUT2D eigenvalue weighted by atomic mass is 32.3. The summed E-state index contributed by atoms with van der Waals surface area (Å²) in [4.78, 5) is 22.7. The van der Waals surface area contributed by atoms with Gasteiger partial charge in [-0.25, -0.2) is 0 Å². The molecule has 0 aliphatic carbocycles. The molecule has 2 rings (SSSR count). The second kappa shape index (κ2) is 4.96. The first-order chi connectivity index (χ1) is 8.85. The van der Waals surface area contributed by atoms with Gasteiger partial charge in [0.25, 0.3) is 0 Å². The zero-order valence-corrected chi connectivity index (χ0v) is 10.4. The van der Waals surface area contributed by atoms with Gasteiger partial charge in [0.2, 0.25) is 11.8 Å². The molecule has 2 amide bonds. The summed E-state index contributed by atoms with van der Waals surface area (Å²) in [6.07, 6.45) is 0.513. The first-order valence-corrected chi connectivity index (χ1v) is 6.74. The highest BCUT2D eigenvalue weighted by Gasteiger charge is 2.28. The van der Waals surface area contributed by atoms with Crippen LogP contribution in [0.15, 0.2) is 24.3 Å². The Morgan fingerprint density at radius 2 is 2.11 bits per heavy atom. The molecule has 1 atom stereocenters. The van der Waals surface area contributed by atoms with Crippen LogP contribution >= 0.6 is 0 Å². The fourth-order valence-corrected chi connectivity index (χ4v) is 2.24. The van der Waals surface area contributed by atoms with E-state index in [9.17, 15) is 21.9 Å². The van der Waals surface area contributed by atoms with Crippen molar-refractivity contribution in [3.8, 4) is 5.75 Å². The van der Waals surface area contributed by atoms with Crippen LogP contribution in [0.1, 0.15) is 25.7 Å². The maximum Gasteiger partial charge on any atom is 0.488 e. The molecule has 104 valence electrons. The molecule has 1 fully saturated rings. The smallest absolute Gasteiger partial charge is 0.358 e. The fraction of sp³-hybridized carbons (Fsp3) is 0.273. The minimum atomic E-state index is -5.10. The third kappa shape index (κ3) is 3.50. The molecule has 0 saturated carbocycles. The molecule has 1 aliphatic rings. The molecule has 1 aromatic carbocycles. The van der Waals surface area contributed by atoms with Crippen LogP contribution in [0.2, 0.25) is 0 Å². The van der Waals surface area contributed by atoms with Crippen LogP contribution in [0.4, 0.5) is 3.89 Å². The zero-order valence-electron chi connectivity index (χ0n) is 9.63. The molecule has 0 aromatic heterocycles. The van der Waals surface area contributed by atoms with Gasteiger partial charge in [-0.2, -0.15) is 8.42 Å². The summed E-state index contributed by atoms with van der Waals surface area (Å²) in [6, 6.07) is 5.54. The average Bonchev–Trinajstić information content (AvgIpc) is 2.26. The third-order valence-corrected chi connectivity index (χ3v) is 3.09. The standard InChI is InChI=1S/C11H10FNO5S.H2/c12-19(16,17)18-8-3-1-2-7(6-8)9-4-5-10(14)13-11(9)15;/h1-3,6,9H,4-5H2,(H,13,14,15);1H. The Morgan fingerprint density at radius 3 is 2.74 bits per heavy atom. The number of carbonyl (C=O) groups is 2. The summed E-state index contributed by atoms with van der Waals surface area (Å²) in [5, 5.41) is 2.18. The molecule has 1 N–H and O–H groups in total. The monoisotopic (exact) mass is 289 g/mol. The molecular weight excluding hydrogens is 277 g/mol. The van der Waals surface area contributed by atoms with E-state index in [0.29, 0.717) is 12.0 Å². The van der Waals surface area contributed by atoms with E-state index in [1.165, 1.54) is 18.2 Å². The first kappa shape index (κ1) is 13.5. The molecule has 1 heterocycles. The van der Waals surface area contributed by atoms with Crippen LogP contribution in [0, 0.1) is 0 Å². The summed E-state index contributed by atoms with van der Waals surface area (Å²) in [7, 11) is -5.10. The van der Waals surface area contributed by atoms with E-state index in [-0.39, 0.29) is 19.5 Å². The Morgan fingerprint density at radius 1 is 1.37 bits per heavy atom. The molecule has 1 saturated heterocycles. The minimum absolute atomic E-state index is 0. The molecule has 1 aliphatic heterocycles. The van der Waals surface area contributed by atoms with Crippen molar-refractivity contribution in [2.45, 2.75) is 18.8 Å². The van der Waals surface area contributed by atoms with E-state index in [2.05, 4.69) is 9.50 Å². The summed E-state index contributed by atoms with van der Waals surface area (Å²) in [5.74, 6) is -1.61. The SMILES string of the molecule is O=C1CCC(c2cccc(OS(=O)(=O)F)c2)C(=O)N1.[HH]. The van der Waals surface area contributed by atoms with Crippen molar-refractivity contribution >= 4 is 22.3 Å². The molecule has 19 heavy (non-hydrogen) atoms. The summed E-state index contributed by atoms with van der Waals surface area (Å²) < 4.78 is 37.3. The summed E-state index contributed by atoms with van der Waals surface area (Å²) >= 11 is 0. The molecule has 1 unspecified atom stereocenters. The number of halogens is 1. The number of carbonyl (C=O) groups excluding carboxylic acids is 2. The maximum absolute atomic E-state index is 12.4. The molecule has 0 bridgehead atoms. The van der Waals surface area contributed by atoms with Gasteiger partial charge >= 0.3 is 10.5 Å². The average molecular weight is 289 g/mol. The summed E-state index contributed by atoms with van der Waals surface area (Å²) in [6.45, 7) is 0. The van der Waals surface area contributed by atoms with E-state index in [4.69, 9.17) is 0 Å². The normalized spacial score (nSPS) is 19.9. The Hall–Kier alpha value is -1.96. The van der Waals surface area contributed by atoms with E-state index in [0.717, 1.165) is 0 Å². The lowest BCUT2D eigenvalue weighted by atomic mass is 9.90. The topological polar surface area (TPSA) is 89.5 Å². The lowest BCUT2D eigenvalue weighted by Crippen LogP contribution is -2.39. The lowest BCUT2D eigenvalue weighted by molar-refractivity contribution is -0.134. The molecule has 1 aromatic rings. The van der Waals surface area contributed by atoms with Crippen LogP contribution < -0.4 is 9.50 Å². The van der Waals surface area contributed by atoms with Crippen LogP contribution in [0.25, 0.3) is 0 Å². The van der Waals surface area contributed by atoms with Crippen molar-refractivity contribution in [2.75, 3.05) is 0 Å². The van der Waals surface area contributed by atoms with Crippen molar-refractivity contribution in [3.05, 3.63) is 29.8 Å². The fourth-order valence-electron chi connectivity index (χ4n) is 1.91. The number of imide groups is 1. The highest BCUT2D eigenvalue weighted by molar-refractivity contribution is 7.81. The van der Waals surface area contributed by atoms with Crippen LogP contribution in [0.5, 0.6) is 5.75 Å². The van der Waals surface area contributed by atoms with Crippen molar-refractivity contribution < 1.29 is 27.5 Å². The van der Waals surface area contributed by atoms with Crippen molar-refractivity contribution in [1.29, 1.82) is 0 Å². The van der Waals surface area contributed by atoms with E-state index < -0.39 is 22.3 Å². The third-order valence-electron chi connectivity index (χ3n) is 2.70. The lowest BCUT2D eigenvalue weighted by Gasteiger charge is -2.21. The van der Waals surface area contributed by atoms with Crippen LogP contribution in [-0.2, 0) is 20.1 Å². The molecule has 6 nitrogen and oxygen atoms in total. The van der Waals surface area contributed by atoms with Gasteiger partial charge in [-0.1, -0.05) is 16.0 Å². The second-order valence-electron chi connectivity index (χ2n) is 4.05. The maximum atomic E-state index is 12.4. The minimum Gasteiger partial charge on any atom is -0.358 e. The van der Waals surface area contributed by atoms with Crippen molar-refractivity contribution in [3.63, 3.8) is 0 Å². The number of nitrogens with one attached hydrogen (secondary N) is 1. The Balaban J connectivity index is 0.00000200. The van der Waals surface area contributed by atoms with E-state index >= 15 is 0 Å². The van der Waals surface area contributed by atoms with Gasteiger partial charge in [0, 0.05) is 7.85 Å². The number of piperidine rings is 1. The number of hydrogen-bond acceptors (Lipinski definition) is 5. The van der Waals surface area contributed by atoms with Crippen LogP contribution in [0.3, 0.4) is 0 Å². The van der Waals surface area contributed by atoms with E-state index in [1.807, 2.05) is 0 Å². The van der Waals surface area contributed by atoms with Gasteiger partial charge < -0.3 is 4.18 Å². The summed E-state index contributed by atoms with van der Waals surface area (Å²) in [5.41, 5.74) is 0.464. The number of rotatable bonds is 3. The highest BCUT2D eigenvalue weighted by Crippen LogP contribution is 2.27. The quantitative estimate of drug-likeness (QED) is 0.663. The Kier molecular flexibility index (Phi) is 3.52. The molecule has 0 radical (unpaired) electrons. The van der Waals surface area contributed by atoms with Gasteiger partial charge in [0.1, 0.15) is 5.75 Å². The number of amides is 2. The molecule has 0 spiro atoms. The van der Waals surface area contributed by atoms with Gasteiger partial charge in [0.15, 0.2) is 0 Å². The van der Waals surface area contributed by atoms with Gasteiger partial charge in [0.05, 0.1) is 5.92 Å². The van der Waals surface area contributed by atoms with Crippen LogP contribution in [-0.4, -0.2) is 20.2 Å². The van der Waals surface area contributed by atoms with Crippen molar-refractivity contribution in [1.82, 2.24) is 5.32 Å². The van der Waals surface area contributed by atoms with Gasteiger partial charge in [-0.3, -0.25) is 14.9 Å². The zero-order chi connectivity index (χ0) is 14.0. The van der Waals surface area contributed by atoms with Gasteiger partial charge in [-0.05, 0) is 24.1 Å². The van der Waals surface area contributed by atoms with Crippen molar-refractivity contribution in [2.24, 2.45) is 0 Å². The predicted molar refractivity (Wildman–Crippen MR) is 64.3 cm³/mol. The molecule has 8 heteroatoms. The number of benzene rings is 1. The Labute approximate surface area is 110 Å². The predicted octanol–water partition coefficient (Wildman–Crippen LogP) is 1.05. The second-order valence-corrected chi connectivity index (χ2v) is 5.01. The molecular formula is C11H12FNO5S. The Bertz CT molecular complexity index is 633. The van der Waals surface area contributed by atoms with E-state index in [1.54, 1.807) is 6.07 Å². The van der Waals surface area contributed by atoms with Gasteiger partial charge in [-0.15, -0.1) is 0 Å². The largest absolute Gasteiger partial charge is 0.488 e. The number of hydrogen-bond donors (Lipinski definition) is 1.